The summed E-state index contributed by atoms with van der Waals surface area (Å²) in [6.45, 7) is 7.88. The lowest BCUT2D eigenvalue weighted by Crippen LogP contribution is -1.70. The van der Waals surface area contributed by atoms with Gasteiger partial charge in [-0.3, -0.25) is 0 Å². The summed E-state index contributed by atoms with van der Waals surface area (Å²) in [5.74, 6) is 0. The van der Waals surface area contributed by atoms with Gasteiger partial charge in [-0.1, -0.05) is 6.08 Å². The molecule has 0 radical (unpaired) electrons. The summed E-state index contributed by atoms with van der Waals surface area (Å²) in [4.78, 5) is 0. The fourth-order valence-electron chi connectivity index (χ4n) is 0. The monoisotopic (exact) mass is 116 g/mol. The van der Waals surface area contributed by atoms with Crippen LogP contribution >= 0.6 is 0 Å². The predicted molar refractivity (Wildman–Crippen MR) is 40.4 cm³/mol. The lowest BCUT2D eigenvalue weighted by atomic mass is 10.7. The Balaban J connectivity index is -0.0000000542. The van der Waals surface area contributed by atoms with Crippen molar-refractivity contribution in [2.45, 2.75) is 6.92 Å². The Labute approximate surface area is 51.9 Å². The average molecular weight is 116 g/mol. The molecule has 4 N–H and O–H groups in total. The second-order valence-electron chi connectivity index (χ2n) is 0.526. The van der Waals surface area contributed by atoms with Crippen LogP contribution in [0.1, 0.15) is 6.92 Å². The van der Waals surface area contributed by atoms with Gasteiger partial charge in [0, 0.05) is 0 Å². The molecule has 0 aromatic heterocycles. The first kappa shape index (κ1) is 15.7. The van der Waals surface area contributed by atoms with Crippen molar-refractivity contribution in [1.29, 1.82) is 0 Å². The van der Waals surface area contributed by atoms with E-state index in [4.69, 9.17) is 5.73 Å². The van der Waals surface area contributed by atoms with E-state index in [-0.39, 0.29) is 0 Å². The molecule has 0 saturated carbocycles. The molecular weight excluding hydrogens is 100 g/mol. The lowest BCUT2D eigenvalue weighted by Gasteiger charge is -1.53. The normalized spacial score (nSPS) is 5.88. The maximum atomic E-state index is 4.85. The minimum Gasteiger partial charge on any atom is -0.405 e. The van der Waals surface area contributed by atoms with Gasteiger partial charge < -0.3 is 11.5 Å². The standard InChI is InChI=1S/C3H7N.C2H4.CH5N/c1-2-3-4;2*1-2/h2-3H,4H2,1H3;1-2H2;2H2,1H3/b3-2-;;. The number of rotatable bonds is 0. The number of hydrogen-bond acceptors (Lipinski definition) is 2. The van der Waals surface area contributed by atoms with Crippen LogP contribution in [0, 0.1) is 0 Å². The maximum absolute atomic E-state index is 4.85. The molecule has 50 valence electrons. The Morgan fingerprint density at radius 1 is 1.25 bits per heavy atom. The molecule has 8 heavy (non-hydrogen) atoms. The molecule has 0 aromatic rings. The van der Waals surface area contributed by atoms with Gasteiger partial charge in [0.25, 0.3) is 0 Å². The quantitative estimate of drug-likeness (QED) is 0.461. The third-order valence-electron chi connectivity index (χ3n) is 0.192. The van der Waals surface area contributed by atoms with Gasteiger partial charge in [0.05, 0.1) is 0 Å². The zero-order chi connectivity index (χ0) is 7.41. The van der Waals surface area contributed by atoms with Gasteiger partial charge in [-0.2, -0.15) is 0 Å². The molecule has 0 bridgehead atoms. The Kier molecular flexibility index (Phi) is 218. The highest BCUT2D eigenvalue weighted by Crippen LogP contribution is 1.47. The second kappa shape index (κ2) is 111. The molecule has 2 heteroatoms. The SMILES string of the molecule is C/C=C\N.C=C.CN. The van der Waals surface area contributed by atoms with Gasteiger partial charge in [-0.05, 0) is 20.2 Å². The molecule has 0 amide bonds. The van der Waals surface area contributed by atoms with E-state index >= 15 is 0 Å². The Hall–Kier alpha value is -0.760. The van der Waals surface area contributed by atoms with Crippen molar-refractivity contribution in [2.75, 3.05) is 7.05 Å². The van der Waals surface area contributed by atoms with E-state index in [1.807, 2.05) is 6.92 Å². The van der Waals surface area contributed by atoms with E-state index in [9.17, 15) is 0 Å². The molecule has 0 aliphatic rings. The van der Waals surface area contributed by atoms with Crippen molar-refractivity contribution in [3.8, 4) is 0 Å². The first-order chi connectivity index (χ1) is 3.91. The molecule has 0 heterocycles. The minimum atomic E-state index is 1.50. The summed E-state index contributed by atoms with van der Waals surface area (Å²) in [5, 5.41) is 0. The van der Waals surface area contributed by atoms with Gasteiger partial charge in [0.15, 0.2) is 0 Å². The van der Waals surface area contributed by atoms with E-state index in [0.717, 1.165) is 0 Å². The van der Waals surface area contributed by atoms with E-state index in [1.165, 1.54) is 13.2 Å². The fourth-order valence-corrected chi connectivity index (χ4v) is 0. The van der Waals surface area contributed by atoms with Crippen LogP contribution in [0.2, 0.25) is 0 Å². The summed E-state index contributed by atoms with van der Waals surface area (Å²) < 4.78 is 0. The van der Waals surface area contributed by atoms with Gasteiger partial charge >= 0.3 is 0 Å². The van der Waals surface area contributed by atoms with Crippen LogP contribution in [0.15, 0.2) is 25.4 Å². The highest BCUT2D eigenvalue weighted by molar-refractivity contribution is 4.66. The molecule has 0 aliphatic carbocycles. The van der Waals surface area contributed by atoms with Crippen LogP contribution < -0.4 is 11.5 Å². The number of hydrogen-bond donors (Lipinski definition) is 2. The average Bonchev–Trinajstić information content (AvgIpc) is 1.96. The summed E-state index contributed by atoms with van der Waals surface area (Å²) in [5.41, 5.74) is 9.35. The smallest absolute Gasteiger partial charge is 0.0106 e. The highest BCUT2D eigenvalue weighted by Gasteiger charge is 1.32. The van der Waals surface area contributed by atoms with Gasteiger partial charge in [0.1, 0.15) is 0 Å². The van der Waals surface area contributed by atoms with E-state index in [2.05, 4.69) is 18.9 Å². The summed E-state index contributed by atoms with van der Waals surface area (Å²) in [6, 6.07) is 0. The van der Waals surface area contributed by atoms with Gasteiger partial charge in [-0.25, -0.2) is 0 Å². The van der Waals surface area contributed by atoms with Crippen molar-refractivity contribution in [3.05, 3.63) is 25.4 Å². The molecule has 0 atom stereocenters. The lowest BCUT2D eigenvalue weighted by molar-refractivity contribution is 1.48. The van der Waals surface area contributed by atoms with E-state index < -0.39 is 0 Å². The highest BCUT2D eigenvalue weighted by atomic mass is 14.5. The zero-order valence-corrected chi connectivity index (χ0v) is 5.72. The first-order valence-electron chi connectivity index (χ1n) is 2.32. The van der Waals surface area contributed by atoms with E-state index in [1.54, 1.807) is 6.08 Å². The molecule has 2 nitrogen and oxygen atoms in total. The third kappa shape index (κ3) is 1640. The molecule has 0 aliphatic heterocycles. The predicted octanol–water partition coefficient (Wildman–Crippen LogP) is 0.856. The molecule has 0 fully saturated rings. The third-order valence-corrected chi connectivity index (χ3v) is 0.192. The topological polar surface area (TPSA) is 52.0 Å². The van der Waals surface area contributed by atoms with Crippen molar-refractivity contribution in [2.24, 2.45) is 11.5 Å². The van der Waals surface area contributed by atoms with Crippen LogP contribution in [0.5, 0.6) is 0 Å². The van der Waals surface area contributed by atoms with Crippen molar-refractivity contribution >= 4 is 0 Å². The summed E-state index contributed by atoms with van der Waals surface area (Å²) >= 11 is 0. The van der Waals surface area contributed by atoms with Gasteiger partial charge in [-0.15, -0.1) is 13.2 Å². The Morgan fingerprint density at radius 3 is 1.38 bits per heavy atom. The Morgan fingerprint density at radius 2 is 1.38 bits per heavy atom. The fraction of sp³-hybridized carbons (Fsp3) is 0.333. The first-order valence-corrected chi connectivity index (χ1v) is 2.32. The Bertz CT molecular complexity index is 29.5. The van der Waals surface area contributed by atoms with Crippen molar-refractivity contribution < 1.29 is 0 Å². The maximum Gasteiger partial charge on any atom is -0.0106 e. The molecule has 0 aromatic carbocycles. The second-order valence-corrected chi connectivity index (χ2v) is 0.526. The summed E-state index contributed by atoms with van der Waals surface area (Å²) in [7, 11) is 1.50. The van der Waals surface area contributed by atoms with Crippen LogP contribution in [-0.4, -0.2) is 7.05 Å². The minimum absolute atomic E-state index is 1.50. The molecule has 0 unspecified atom stereocenters. The van der Waals surface area contributed by atoms with E-state index in [0.29, 0.717) is 0 Å². The molecule has 0 spiro atoms. The number of nitrogens with two attached hydrogens (primary N) is 2. The van der Waals surface area contributed by atoms with Crippen LogP contribution in [0.3, 0.4) is 0 Å². The number of allylic oxidation sites excluding steroid dienone is 1. The summed E-state index contributed by atoms with van der Waals surface area (Å²) in [6.07, 6.45) is 3.28. The van der Waals surface area contributed by atoms with Crippen molar-refractivity contribution in [3.63, 3.8) is 0 Å². The zero-order valence-electron chi connectivity index (χ0n) is 5.72. The largest absolute Gasteiger partial charge is 0.405 e. The van der Waals surface area contributed by atoms with Crippen LogP contribution in [0.4, 0.5) is 0 Å². The molecular formula is C6H16N2. The van der Waals surface area contributed by atoms with Gasteiger partial charge in [0.2, 0.25) is 0 Å². The van der Waals surface area contributed by atoms with Crippen molar-refractivity contribution in [1.82, 2.24) is 0 Å². The molecule has 0 saturated heterocycles. The van der Waals surface area contributed by atoms with Crippen LogP contribution in [-0.2, 0) is 0 Å². The molecule has 0 rings (SSSR count). The van der Waals surface area contributed by atoms with Crippen LogP contribution in [0.25, 0.3) is 0 Å².